The molecule has 0 aromatic carbocycles. The van der Waals surface area contributed by atoms with Gasteiger partial charge in [0.15, 0.2) is 0 Å². The number of urea groups is 1. The molecule has 104 valence electrons. The predicted octanol–water partition coefficient (Wildman–Crippen LogP) is 0.700. The van der Waals surface area contributed by atoms with E-state index in [1.807, 2.05) is 28.5 Å². The Balaban J connectivity index is 1.79. The molecular formula is C12H18BrN5O. The number of aryl methyl sites for hydroxylation is 2. The summed E-state index contributed by atoms with van der Waals surface area (Å²) in [4.78, 5) is 16.2. The standard InChI is InChI=1S/C12H18BrN5O/c1-8-11(13)10(16(2)15-8)7-17-6-9-5-14-3-4-18(9)12(17)19/h9,14H,3-7H2,1-2H3. The van der Waals surface area contributed by atoms with E-state index in [0.717, 1.165) is 42.0 Å². The zero-order valence-corrected chi connectivity index (χ0v) is 12.8. The monoisotopic (exact) mass is 327 g/mol. The fourth-order valence-electron chi connectivity index (χ4n) is 2.85. The Morgan fingerprint density at radius 1 is 1.53 bits per heavy atom. The molecule has 1 unspecified atom stereocenters. The number of nitrogens with one attached hydrogen (secondary N) is 1. The van der Waals surface area contributed by atoms with Crippen molar-refractivity contribution in [2.75, 3.05) is 26.2 Å². The number of rotatable bonds is 2. The van der Waals surface area contributed by atoms with E-state index in [0.29, 0.717) is 12.6 Å². The molecule has 2 aliphatic heterocycles. The van der Waals surface area contributed by atoms with Crippen LogP contribution in [0.2, 0.25) is 0 Å². The summed E-state index contributed by atoms with van der Waals surface area (Å²) in [6.07, 6.45) is 0. The molecule has 3 rings (SSSR count). The number of piperazine rings is 1. The van der Waals surface area contributed by atoms with Gasteiger partial charge in [0.2, 0.25) is 0 Å². The van der Waals surface area contributed by atoms with Gasteiger partial charge in [0.05, 0.1) is 28.4 Å². The average Bonchev–Trinajstić information content (AvgIpc) is 2.83. The fourth-order valence-corrected chi connectivity index (χ4v) is 3.32. The van der Waals surface area contributed by atoms with E-state index in [9.17, 15) is 4.79 Å². The first-order chi connectivity index (χ1) is 9.08. The lowest BCUT2D eigenvalue weighted by Gasteiger charge is -2.28. The van der Waals surface area contributed by atoms with Crippen LogP contribution in [0.3, 0.4) is 0 Å². The molecule has 0 spiro atoms. The van der Waals surface area contributed by atoms with E-state index in [1.54, 1.807) is 0 Å². The summed E-state index contributed by atoms with van der Waals surface area (Å²) in [6, 6.07) is 0.464. The van der Waals surface area contributed by atoms with Gasteiger partial charge in [-0.25, -0.2) is 4.79 Å². The van der Waals surface area contributed by atoms with Crippen molar-refractivity contribution in [3.8, 4) is 0 Å². The highest BCUT2D eigenvalue weighted by molar-refractivity contribution is 9.10. The van der Waals surface area contributed by atoms with Crippen molar-refractivity contribution in [1.29, 1.82) is 0 Å². The molecule has 0 radical (unpaired) electrons. The van der Waals surface area contributed by atoms with E-state index in [2.05, 4.69) is 26.3 Å². The van der Waals surface area contributed by atoms with E-state index >= 15 is 0 Å². The molecule has 0 saturated carbocycles. The van der Waals surface area contributed by atoms with Gasteiger partial charge in [-0.1, -0.05) is 0 Å². The van der Waals surface area contributed by atoms with Crippen LogP contribution in [0.15, 0.2) is 4.47 Å². The maximum atomic E-state index is 12.4. The molecule has 2 amide bonds. The summed E-state index contributed by atoms with van der Waals surface area (Å²) < 4.78 is 2.85. The molecule has 2 aliphatic rings. The third-order valence-electron chi connectivity index (χ3n) is 3.90. The van der Waals surface area contributed by atoms with Crippen molar-refractivity contribution in [3.63, 3.8) is 0 Å². The highest BCUT2D eigenvalue weighted by Crippen LogP contribution is 2.25. The third kappa shape index (κ3) is 2.14. The van der Waals surface area contributed by atoms with E-state index in [1.165, 1.54) is 0 Å². The Labute approximate surface area is 120 Å². The van der Waals surface area contributed by atoms with Gasteiger partial charge in [-0.15, -0.1) is 0 Å². The highest BCUT2D eigenvalue weighted by Gasteiger charge is 2.38. The Morgan fingerprint density at radius 2 is 2.32 bits per heavy atom. The van der Waals surface area contributed by atoms with Crippen LogP contribution < -0.4 is 5.32 Å². The number of hydrogen-bond acceptors (Lipinski definition) is 3. The summed E-state index contributed by atoms with van der Waals surface area (Å²) in [5.41, 5.74) is 2.02. The van der Waals surface area contributed by atoms with Crippen LogP contribution in [-0.2, 0) is 13.6 Å². The molecule has 19 heavy (non-hydrogen) atoms. The van der Waals surface area contributed by atoms with Gasteiger partial charge in [0.1, 0.15) is 0 Å². The maximum absolute atomic E-state index is 12.4. The lowest BCUT2D eigenvalue weighted by molar-refractivity contribution is 0.177. The second-order valence-corrected chi connectivity index (χ2v) is 5.98. The van der Waals surface area contributed by atoms with Crippen molar-refractivity contribution < 1.29 is 4.79 Å². The number of amides is 2. The second kappa shape index (κ2) is 4.79. The molecule has 1 N–H and O–H groups in total. The van der Waals surface area contributed by atoms with Crippen LogP contribution in [0.25, 0.3) is 0 Å². The zero-order valence-electron chi connectivity index (χ0n) is 11.2. The number of nitrogens with zero attached hydrogens (tertiary/aromatic N) is 4. The molecule has 1 atom stereocenters. The Kier molecular flexibility index (Phi) is 3.26. The van der Waals surface area contributed by atoms with Crippen molar-refractivity contribution in [2.24, 2.45) is 7.05 Å². The van der Waals surface area contributed by atoms with Crippen LogP contribution in [0, 0.1) is 6.92 Å². The Bertz CT molecular complexity index is 514. The van der Waals surface area contributed by atoms with Crippen LogP contribution in [0.1, 0.15) is 11.4 Å². The Hall–Kier alpha value is -1.08. The summed E-state index contributed by atoms with van der Waals surface area (Å²) in [6.45, 7) is 5.98. The summed E-state index contributed by atoms with van der Waals surface area (Å²) in [5.74, 6) is 0. The van der Waals surface area contributed by atoms with Crippen LogP contribution >= 0.6 is 15.9 Å². The highest BCUT2D eigenvalue weighted by atomic mass is 79.9. The van der Waals surface area contributed by atoms with E-state index in [-0.39, 0.29) is 6.03 Å². The first kappa shape index (κ1) is 12.9. The van der Waals surface area contributed by atoms with Crippen LogP contribution in [0.5, 0.6) is 0 Å². The van der Waals surface area contributed by atoms with Gasteiger partial charge in [-0.3, -0.25) is 4.68 Å². The van der Waals surface area contributed by atoms with Crippen LogP contribution in [-0.4, -0.2) is 57.8 Å². The summed E-state index contributed by atoms with van der Waals surface area (Å²) in [5, 5.41) is 7.71. The molecule has 6 nitrogen and oxygen atoms in total. The number of fused-ring (bicyclic) bond motifs is 1. The maximum Gasteiger partial charge on any atom is 0.320 e. The first-order valence-electron chi connectivity index (χ1n) is 6.52. The number of halogens is 1. The van der Waals surface area contributed by atoms with Crippen molar-refractivity contribution >= 4 is 22.0 Å². The van der Waals surface area contributed by atoms with Gasteiger partial charge in [-0.2, -0.15) is 5.10 Å². The lowest BCUT2D eigenvalue weighted by Crippen LogP contribution is -2.49. The van der Waals surface area contributed by atoms with Gasteiger partial charge in [0, 0.05) is 33.2 Å². The predicted molar refractivity (Wildman–Crippen MR) is 74.8 cm³/mol. The molecule has 3 heterocycles. The molecule has 0 bridgehead atoms. The van der Waals surface area contributed by atoms with Crippen molar-refractivity contribution in [2.45, 2.75) is 19.5 Å². The minimum absolute atomic E-state index is 0.150. The number of hydrogen-bond donors (Lipinski definition) is 1. The number of carbonyl (C=O) groups is 1. The molecule has 2 saturated heterocycles. The normalized spacial score (nSPS) is 23.1. The van der Waals surface area contributed by atoms with Crippen molar-refractivity contribution in [1.82, 2.24) is 24.9 Å². The average molecular weight is 328 g/mol. The summed E-state index contributed by atoms with van der Waals surface area (Å²) >= 11 is 3.56. The smallest absolute Gasteiger partial charge is 0.317 e. The van der Waals surface area contributed by atoms with Gasteiger partial charge in [0.25, 0.3) is 0 Å². The molecule has 7 heteroatoms. The largest absolute Gasteiger partial charge is 0.320 e. The minimum Gasteiger partial charge on any atom is -0.317 e. The zero-order chi connectivity index (χ0) is 13.6. The van der Waals surface area contributed by atoms with Gasteiger partial charge >= 0.3 is 6.03 Å². The van der Waals surface area contributed by atoms with Crippen LogP contribution in [0.4, 0.5) is 4.79 Å². The lowest BCUT2D eigenvalue weighted by atomic mass is 10.2. The third-order valence-corrected chi connectivity index (χ3v) is 4.93. The number of aromatic nitrogens is 2. The fraction of sp³-hybridized carbons (Fsp3) is 0.667. The minimum atomic E-state index is 0.150. The topological polar surface area (TPSA) is 53.4 Å². The molecule has 1 aromatic heterocycles. The summed E-state index contributed by atoms with van der Waals surface area (Å²) in [7, 11) is 1.92. The van der Waals surface area contributed by atoms with Gasteiger partial charge in [-0.05, 0) is 22.9 Å². The van der Waals surface area contributed by atoms with E-state index < -0.39 is 0 Å². The van der Waals surface area contributed by atoms with E-state index in [4.69, 9.17) is 0 Å². The first-order valence-corrected chi connectivity index (χ1v) is 7.31. The quantitative estimate of drug-likeness (QED) is 0.870. The molecular weight excluding hydrogens is 310 g/mol. The molecule has 0 aliphatic carbocycles. The van der Waals surface area contributed by atoms with Gasteiger partial charge < -0.3 is 15.1 Å². The molecule has 1 aromatic rings. The molecule has 2 fully saturated rings. The van der Waals surface area contributed by atoms with Crippen molar-refractivity contribution in [3.05, 3.63) is 15.9 Å². The SMILES string of the molecule is Cc1nn(C)c(CN2CC3CNCCN3C2=O)c1Br. The number of carbonyl (C=O) groups excluding carboxylic acids is 1. The Morgan fingerprint density at radius 3 is 2.95 bits per heavy atom. The second-order valence-electron chi connectivity index (χ2n) is 5.18.